The maximum absolute atomic E-state index is 12.7. The number of rotatable bonds is 3. The van der Waals surface area contributed by atoms with E-state index >= 15 is 0 Å². The van der Waals surface area contributed by atoms with Gasteiger partial charge >= 0.3 is 0 Å². The molecular weight excluding hydrogens is 223 g/mol. The van der Waals surface area contributed by atoms with Gasteiger partial charge in [-0.15, -0.1) is 0 Å². The molecule has 0 bridgehead atoms. The fourth-order valence-corrected chi connectivity index (χ4v) is 1.21. The highest BCUT2D eigenvalue weighted by atomic mass is 79.9. The van der Waals surface area contributed by atoms with Crippen molar-refractivity contribution in [3.05, 3.63) is 41.1 Å². The minimum absolute atomic E-state index is 0.316. The molecule has 0 spiro atoms. The summed E-state index contributed by atoms with van der Waals surface area (Å²) in [6.45, 7) is 3.87. The minimum Gasteiger partial charge on any atom is -0.489 e. The minimum atomic E-state index is -0.316. The van der Waals surface area contributed by atoms with Gasteiger partial charge in [0.05, 0.1) is 0 Å². The van der Waals surface area contributed by atoms with Gasteiger partial charge in [0.2, 0.25) is 0 Å². The molecule has 0 heterocycles. The summed E-state index contributed by atoms with van der Waals surface area (Å²) in [7, 11) is 0. The Morgan fingerprint density at radius 1 is 1.50 bits per heavy atom. The van der Waals surface area contributed by atoms with Crippen molar-refractivity contribution in [2.24, 2.45) is 0 Å². The van der Waals surface area contributed by atoms with Gasteiger partial charge in [-0.1, -0.05) is 28.6 Å². The summed E-state index contributed by atoms with van der Waals surface area (Å²) < 4.78 is 18.5. The Morgan fingerprint density at radius 2 is 2.25 bits per heavy atom. The third-order valence-corrected chi connectivity index (χ3v) is 1.66. The van der Waals surface area contributed by atoms with Gasteiger partial charge in [-0.25, -0.2) is 4.39 Å². The molecule has 0 aliphatic carbocycles. The highest BCUT2D eigenvalue weighted by molar-refractivity contribution is 9.10. The molecule has 0 aromatic heterocycles. The van der Waals surface area contributed by atoms with E-state index in [-0.39, 0.29) is 5.82 Å². The smallest absolute Gasteiger partial charge is 0.128 e. The Bertz CT molecular complexity index is 266. The summed E-state index contributed by atoms with van der Waals surface area (Å²) in [5.74, 6) is 0.185. The first kappa shape index (κ1) is 9.26. The largest absolute Gasteiger partial charge is 0.489 e. The molecule has 0 aliphatic heterocycles. The van der Waals surface area contributed by atoms with E-state index in [1.54, 1.807) is 12.1 Å². The quantitative estimate of drug-likeness (QED) is 0.726. The Labute approximate surface area is 79.0 Å². The van der Waals surface area contributed by atoms with Crippen LogP contribution >= 0.6 is 15.9 Å². The molecule has 0 aliphatic rings. The molecule has 12 heavy (non-hydrogen) atoms. The van der Waals surface area contributed by atoms with Crippen molar-refractivity contribution < 1.29 is 9.13 Å². The molecule has 0 saturated carbocycles. The van der Waals surface area contributed by atoms with Crippen molar-refractivity contribution in [3.8, 4) is 5.75 Å². The molecule has 0 atom stereocenters. The van der Waals surface area contributed by atoms with Gasteiger partial charge in [0.25, 0.3) is 0 Å². The average molecular weight is 231 g/mol. The van der Waals surface area contributed by atoms with Crippen LogP contribution in [-0.2, 0) is 0 Å². The molecule has 0 fully saturated rings. The van der Waals surface area contributed by atoms with Crippen LogP contribution in [-0.4, -0.2) is 6.61 Å². The third-order valence-electron chi connectivity index (χ3n) is 1.20. The van der Waals surface area contributed by atoms with E-state index in [0.717, 1.165) is 0 Å². The molecule has 0 saturated heterocycles. The van der Waals surface area contributed by atoms with Gasteiger partial charge in [-0.3, -0.25) is 0 Å². The number of hydrogen-bond donors (Lipinski definition) is 0. The number of hydrogen-bond acceptors (Lipinski definition) is 1. The van der Waals surface area contributed by atoms with Crippen LogP contribution in [0.4, 0.5) is 4.39 Å². The van der Waals surface area contributed by atoms with E-state index < -0.39 is 0 Å². The van der Waals surface area contributed by atoms with E-state index in [4.69, 9.17) is 4.74 Å². The second kappa shape index (κ2) is 4.26. The lowest BCUT2D eigenvalue weighted by molar-refractivity contribution is 0.360. The lowest BCUT2D eigenvalue weighted by Crippen LogP contribution is -1.92. The highest BCUT2D eigenvalue weighted by Gasteiger charge is 1.98. The summed E-state index contributed by atoms with van der Waals surface area (Å²) >= 11 is 3.16. The predicted octanol–water partition coefficient (Wildman–Crippen LogP) is 3.15. The van der Waals surface area contributed by atoms with Crippen molar-refractivity contribution in [2.75, 3.05) is 6.61 Å². The fourth-order valence-electron chi connectivity index (χ4n) is 0.767. The highest BCUT2D eigenvalue weighted by Crippen LogP contribution is 2.20. The number of ether oxygens (including phenoxy) is 1. The predicted molar refractivity (Wildman–Crippen MR) is 49.8 cm³/mol. The van der Waals surface area contributed by atoms with Gasteiger partial charge in [0.1, 0.15) is 18.2 Å². The molecule has 0 N–H and O–H groups in total. The molecule has 0 radical (unpaired) electrons. The Morgan fingerprint density at radius 3 is 2.83 bits per heavy atom. The first-order valence-corrected chi connectivity index (χ1v) is 4.21. The normalized spacial score (nSPS) is 9.50. The molecule has 1 rings (SSSR count). The molecule has 64 valence electrons. The molecule has 0 amide bonds. The second-order valence-corrected chi connectivity index (χ2v) is 3.12. The Hall–Kier alpha value is -0.830. The molecule has 3 heteroatoms. The summed E-state index contributed by atoms with van der Waals surface area (Å²) in [6, 6.07) is 4.40. The SMILES string of the molecule is C=CCOc1cc(F)cc(Br)c1. The maximum Gasteiger partial charge on any atom is 0.128 e. The van der Waals surface area contributed by atoms with E-state index in [1.807, 2.05) is 0 Å². The molecular formula is C9H8BrFO. The zero-order chi connectivity index (χ0) is 8.97. The molecule has 1 aromatic carbocycles. The van der Waals surface area contributed by atoms with Crippen LogP contribution in [0.2, 0.25) is 0 Å². The summed E-state index contributed by atoms with van der Waals surface area (Å²) in [6.07, 6.45) is 1.61. The first-order chi connectivity index (χ1) is 5.72. The molecule has 0 unspecified atom stereocenters. The van der Waals surface area contributed by atoms with Gasteiger partial charge in [0, 0.05) is 10.5 Å². The van der Waals surface area contributed by atoms with Gasteiger partial charge in [-0.2, -0.15) is 0 Å². The zero-order valence-electron chi connectivity index (χ0n) is 6.39. The second-order valence-electron chi connectivity index (χ2n) is 2.20. The average Bonchev–Trinajstić information content (AvgIpc) is 1.99. The first-order valence-electron chi connectivity index (χ1n) is 3.42. The van der Waals surface area contributed by atoms with Crippen molar-refractivity contribution in [1.29, 1.82) is 0 Å². The van der Waals surface area contributed by atoms with Crippen molar-refractivity contribution in [2.45, 2.75) is 0 Å². The van der Waals surface area contributed by atoms with Crippen LogP contribution in [0.5, 0.6) is 5.75 Å². The van der Waals surface area contributed by atoms with Crippen LogP contribution in [0.25, 0.3) is 0 Å². The van der Waals surface area contributed by atoms with Gasteiger partial charge in [0.15, 0.2) is 0 Å². The Kier molecular flexibility index (Phi) is 3.29. The number of benzene rings is 1. The third kappa shape index (κ3) is 2.66. The molecule has 1 nitrogen and oxygen atoms in total. The van der Waals surface area contributed by atoms with E-state index in [1.165, 1.54) is 12.1 Å². The van der Waals surface area contributed by atoms with Gasteiger partial charge in [-0.05, 0) is 12.1 Å². The fraction of sp³-hybridized carbons (Fsp3) is 0.111. The van der Waals surface area contributed by atoms with Crippen molar-refractivity contribution in [1.82, 2.24) is 0 Å². The number of halogens is 2. The van der Waals surface area contributed by atoms with Crippen LogP contribution in [0.1, 0.15) is 0 Å². The van der Waals surface area contributed by atoms with Gasteiger partial charge < -0.3 is 4.74 Å². The topological polar surface area (TPSA) is 9.23 Å². The Balaban J connectivity index is 2.78. The monoisotopic (exact) mass is 230 g/mol. The van der Waals surface area contributed by atoms with E-state index in [0.29, 0.717) is 16.8 Å². The van der Waals surface area contributed by atoms with Crippen LogP contribution < -0.4 is 4.74 Å². The summed E-state index contributed by atoms with van der Waals surface area (Å²) in [5.41, 5.74) is 0. The van der Waals surface area contributed by atoms with E-state index in [2.05, 4.69) is 22.5 Å². The zero-order valence-corrected chi connectivity index (χ0v) is 7.97. The lowest BCUT2D eigenvalue weighted by Gasteiger charge is -2.02. The summed E-state index contributed by atoms with van der Waals surface area (Å²) in [5, 5.41) is 0. The van der Waals surface area contributed by atoms with Crippen LogP contribution in [0.3, 0.4) is 0 Å². The maximum atomic E-state index is 12.7. The standard InChI is InChI=1S/C9H8BrFO/c1-2-3-12-9-5-7(10)4-8(11)6-9/h2,4-6H,1,3H2. The van der Waals surface area contributed by atoms with Crippen LogP contribution in [0.15, 0.2) is 35.3 Å². The van der Waals surface area contributed by atoms with Crippen molar-refractivity contribution >= 4 is 15.9 Å². The summed E-state index contributed by atoms with van der Waals surface area (Å²) in [4.78, 5) is 0. The molecule has 1 aromatic rings. The van der Waals surface area contributed by atoms with E-state index in [9.17, 15) is 4.39 Å². The lowest BCUT2D eigenvalue weighted by atomic mass is 10.3. The van der Waals surface area contributed by atoms with Crippen LogP contribution in [0, 0.1) is 5.82 Å². The van der Waals surface area contributed by atoms with Crippen molar-refractivity contribution in [3.63, 3.8) is 0 Å².